The molecule has 0 spiro atoms. The van der Waals surface area contributed by atoms with E-state index in [4.69, 9.17) is 11.7 Å². The lowest BCUT2D eigenvalue weighted by atomic mass is 9.90. The summed E-state index contributed by atoms with van der Waals surface area (Å²) >= 11 is 0. The van der Waals surface area contributed by atoms with Gasteiger partial charge in [-0.3, -0.25) is 4.90 Å². The molecule has 0 aromatic heterocycles. The van der Waals surface area contributed by atoms with Gasteiger partial charge in [0.15, 0.2) is 5.69 Å². The lowest BCUT2D eigenvalue weighted by Gasteiger charge is -2.40. The van der Waals surface area contributed by atoms with Gasteiger partial charge < -0.3 is 15.1 Å². The van der Waals surface area contributed by atoms with Gasteiger partial charge in [0, 0.05) is 38.9 Å². The standard InChI is InChI=1S/C22H25N3O3/c1-23-19-7-3-17(4-8-19)15-25-13-11-22(28,12-14-25)16-24(2)20-9-5-18(6-10-20)21(26)27/h3-10,28H,11-16H2,2H3,(H,26,27). The maximum atomic E-state index is 11.0. The van der Waals surface area contributed by atoms with Crippen LogP contribution in [0.4, 0.5) is 11.4 Å². The lowest BCUT2D eigenvalue weighted by molar-refractivity contribution is -0.0159. The summed E-state index contributed by atoms with van der Waals surface area (Å²) in [5.74, 6) is -0.941. The first-order chi connectivity index (χ1) is 13.4. The first kappa shape index (κ1) is 19.9. The van der Waals surface area contributed by atoms with E-state index in [9.17, 15) is 9.90 Å². The fourth-order valence-electron chi connectivity index (χ4n) is 3.61. The summed E-state index contributed by atoms with van der Waals surface area (Å²) in [5.41, 5.74) is 2.21. The molecule has 2 aromatic rings. The van der Waals surface area contributed by atoms with E-state index in [-0.39, 0.29) is 5.56 Å². The summed E-state index contributed by atoms with van der Waals surface area (Å²) in [6.07, 6.45) is 1.37. The van der Waals surface area contributed by atoms with Crippen molar-refractivity contribution < 1.29 is 15.0 Å². The van der Waals surface area contributed by atoms with Crippen LogP contribution in [-0.2, 0) is 6.54 Å². The van der Waals surface area contributed by atoms with Crippen LogP contribution < -0.4 is 4.90 Å². The number of aromatic carboxylic acids is 1. The van der Waals surface area contributed by atoms with Crippen LogP contribution in [0.15, 0.2) is 48.5 Å². The Balaban J connectivity index is 1.53. The summed E-state index contributed by atoms with van der Waals surface area (Å²) in [7, 11) is 1.92. The van der Waals surface area contributed by atoms with E-state index in [1.165, 1.54) is 5.56 Å². The third-order valence-corrected chi connectivity index (χ3v) is 5.34. The van der Waals surface area contributed by atoms with Gasteiger partial charge in [-0.2, -0.15) is 0 Å². The predicted molar refractivity (Wildman–Crippen MR) is 109 cm³/mol. The Bertz CT molecular complexity index is 848. The zero-order valence-corrected chi connectivity index (χ0v) is 16.0. The number of nitrogens with zero attached hydrogens (tertiary/aromatic N) is 3. The Hall–Kier alpha value is -2.88. The first-order valence-corrected chi connectivity index (χ1v) is 9.34. The van der Waals surface area contributed by atoms with Crippen LogP contribution in [0.2, 0.25) is 0 Å². The maximum Gasteiger partial charge on any atom is 0.335 e. The minimum absolute atomic E-state index is 0.258. The average Bonchev–Trinajstić information content (AvgIpc) is 2.70. The van der Waals surface area contributed by atoms with Crippen LogP contribution >= 0.6 is 0 Å². The lowest BCUT2D eigenvalue weighted by Crippen LogP contribution is -2.50. The highest BCUT2D eigenvalue weighted by Crippen LogP contribution is 2.26. The van der Waals surface area contributed by atoms with Crippen LogP contribution in [0.5, 0.6) is 0 Å². The molecule has 1 aliphatic heterocycles. The Morgan fingerprint density at radius 3 is 2.29 bits per heavy atom. The number of hydrogen-bond acceptors (Lipinski definition) is 4. The van der Waals surface area contributed by atoms with Gasteiger partial charge in [-0.05, 0) is 42.7 Å². The van der Waals surface area contributed by atoms with Gasteiger partial charge in [0.05, 0.1) is 17.7 Å². The number of anilines is 1. The van der Waals surface area contributed by atoms with Crippen LogP contribution in [0, 0.1) is 6.57 Å². The fraction of sp³-hybridized carbons (Fsp3) is 0.364. The molecule has 0 radical (unpaired) electrons. The van der Waals surface area contributed by atoms with Crippen LogP contribution in [0.1, 0.15) is 28.8 Å². The van der Waals surface area contributed by atoms with E-state index in [2.05, 4.69) is 9.74 Å². The number of piperidine rings is 1. The van der Waals surface area contributed by atoms with Crippen molar-refractivity contribution in [2.24, 2.45) is 0 Å². The fourth-order valence-corrected chi connectivity index (χ4v) is 3.61. The number of carbonyl (C=O) groups is 1. The molecule has 2 aromatic carbocycles. The second-order valence-electron chi connectivity index (χ2n) is 7.49. The number of benzene rings is 2. The molecule has 0 atom stereocenters. The molecule has 0 unspecified atom stereocenters. The molecule has 1 saturated heterocycles. The van der Waals surface area contributed by atoms with Gasteiger partial charge in [-0.25, -0.2) is 9.64 Å². The van der Waals surface area contributed by atoms with Gasteiger partial charge in [-0.1, -0.05) is 24.3 Å². The zero-order valence-electron chi connectivity index (χ0n) is 16.0. The second kappa shape index (κ2) is 8.42. The summed E-state index contributed by atoms with van der Waals surface area (Å²) < 4.78 is 0. The highest BCUT2D eigenvalue weighted by atomic mass is 16.4. The van der Waals surface area contributed by atoms with E-state index < -0.39 is 11.6 Å². The molecule has 1 fully saturated rings. The maximum absolute atomic E-state index is 11.0. The van der Waals surface area contributed by atoms with Crippen molar-refractivity contribution in [3.8, 4) is 0 Å². The third kappa shape index (κ3) is 4.89. The second-order valence-corrected chi connectivity index (χ2v) is 7.49. The van der Waals surface area contributed by atoms with Crippen LogP contribution in [-0.4, -0.2) is 53.4 Å². The van der Waals surface area contributed by atoms with Gasteiger partial charge in [0.25, 0.3) is 0 Å². The van der Waals surface area contributed by atoms with Gasteiger partial charge in [-0.15, -0.1) is 0 Å². The number of likely N-dealkylation sites (tertiary alicyclic amines) is 1. The van der Waals surface area contributed by atoms with Gasteiger partial charge >= 0.3 is 5.97 Å². The van der Waals surface area contributed by atoms with Crippen molar-refractivity contribution in [2.75, 3.05) is 31.6 Å². The molecule has 2 N–H and O–H groups in total. The average molecular weight is 379 g/mol. The number of carboxylic acid groups (broad SMARTS) is 1. The monoisotopic (exact) mass is 379 g/mol. The molecule has 3 rings (SSSR count). The van der Waals surface area contributed by atoms with Crippen molar-refractivity contribution in [1.82, 2.24) is 4.90 Å². The number of hydrogen-bond donors (Lipinski definition) is 2. The molecule has 28 heavy (non-hydrogen) atoms. The summed E-state index contributed by atoms with van der Waals surface area (Å²) in [5, 5.41) is 20.0. The van der Waals surface area contributed by atoms with E-state index >= 15 is 0 Å². The first-order valence-electron chi connectivity index (χ1n) is 9.34. The van der Waals surface area contributed by atoms with E-state index in [1.807, 2.05) is 36.2 Å². The highest BCUT2D eigenvalue weighted by Gasteiger charge is 2.33. The Labute approximate surface area is 165 Å². The molecule has 0 bridgehead atoms. The molecule has 146 valence electrons. The molecule has 0 aliphatic carbocycles. The molecular formula is C22H25N3O3. The largest absolute Gasteiger partial charge is 0.478 e. The Morgan fingerprint density at radius 1 is 1.14 bits per heavy atom. The topological polar surface area (TPSA) is 68.4 Å². The van der Waals surface area contributed by atoms with Crippen molar-refractivity contribution in [3.05, 3.63) is 71.1 Å². The minimum atomic E-state index is -0.941. The summed E-state index contributed by atoms with van der Waals surface area (Å²) in [6.45, 7) is 9.97. The smallest absolute Gasteiger partial charge is 0.335 e. The molecular weight excluding hydrogens is 354 g/mol. The molecule has 1 heterocycles. The van der Waals surface area contributed by atoms with Gasteiger partial charge in [0.2, 0.25) is 0 Å². The van der Waals surface area contributed by atoms with E-state index in [0.29, 0.717) is 25.1 Å². The van der Waals surface area contributed by atoms with Crippen LogP contribution in [0.25, 0.3) is 4.85 Å². The summed E-state index contributed by atoms with van der Waals surface area (Å²) in [4.78, 5) is 18.7. The van der Waals surface area contributed by atoms with E-state index in [1.54, 1.807) is 24.3 Å². The zero-order chi connectivity index (χ0) is 20.1. The van der Waals surface area contributed by atoms with Crippen LogP contribution in [0.3, 0.4) is 0 Å². The third-order valence-electron chi connectivity index (χ3n) is 5.34. The van der Waals surface area contributed by atoms with E-state index in [0.717, 1.165) is 25.3 Å². The normalized spacial score (nSPS) is 16.3. The quantitative estimate of drug-likeness (QED) is 0.753. The van der Waals surface area contributed by atoms with Crippen molar-refractivity contribution in [1.29, 1.82) is 0 Å². The molecule has 6 heteroatoms. The molecule has 0 amide bonds. The molecule has 0 saturated carbocycles. The van der Waals surface area contributed by atoms with Gasteiger partial charge in [0.1, 0.15) is 0 Å². The predicted octanol–water partition coefficient (Wildman–Crippen LogP) is 3.40. The number of carboxylic acids is 1. The SMILES string of the molecule is [C-]#[N+]c1ccc(CN2CCC(O)(CN(C)c3ccc(C(=O)O)cc3)CC2)cc1. The number of rotatable bonds is 6. The Kier molecular flexibility index (Phi) is 5.98. The Morgan fingerprint density at radius 2 is 1.75 bits per heavy atom. The van der Waals surface area contributed by atoms with Crippen molar-refractivity contribution in [2.45, 2.75) is 25.0 Å². The highest BCUT2D eigenvalue weighted by molar-refractivity contribution is 5.88. The number of aliphatic hydroxyl groups is 1. The molecule has 1 aliphatic rings. The number of likely N-dealkylation sites (N-methyl/N-ethyl adjacent to an activating group) is 1. The summed E-state index contributed by atoms with van der Waals surface area (Å²) in [6, 6.07) is 14.4. The molecule has 6 nitrogen and oxygen atoms in total. The minimum Gasteiger partial charge on any atom is -0.478 e. The van der Waals surface area contributed by atoms with Crippen molar-refractivity contribution in [3.63, 3.8) is 0 Å². The van der Waals surface area contributed by atoms with Crippen molar-refractivity contribution >= 4 is 17.3 Å².